The van der Waals surface area contributed by atoms with E-state index in [9.17, 15) is 8.42 Å². The van der Waals surface area contributed by atoms with Crippen molar-refractivity contribution in [1.29, 1.82) is 0 Å². The van der Waals surface area contributed by atoms with Crippen LogP contribution in [-0.4, -0.2) is 48.4 Å². The number of anilines is 2. The van der Waals surface area contributed by atoms with Crippen molar-refractivity contribution in [2.24, 2.45) is 0 Å². The second-order valence-corrected chi connectivity index (χ2v) is 9.34. The van der Waals surface area contributed by atoms with E-state index >= 15 is 0 Å². The lowest BCUT2D eigenvalue weighted by Gasteiger charge is -2.34. The fourth-order valence-corrected chi connectivity index (χ4v) is 5.27. The minimum Gasteiger partial charge on any atom is -0.397 e. The van der Waals surface area contributed by atoms with Crippen molar-refractivity contribution in [3.05, 3.63) is 30.1 Å². The molecular formula is C18H25N5O2S. The van der Waals surface area contributed by atoms with E-state index in [2.05, 4.69) is 20.7 Å². The van der Waals surface area contributed by atoms with Crippen LogP contribution in [0.5, 0.6) is 0 Å². The molecule has 140 valence electrons. The number of benzene rings is 1. The molecule has 0 atom stereocenters. The molecular weight excluding hydrogens is 350 g/mol. The number of sulfonamides is 1. The van der Waals surface area contributed by atoms with E-state index in [1.807, 2.05) is 25.4 Å². The summed E-state index contributed by atoms with van der Waals surface area (Å²) in [6.45, 7) is 3.58. The molecule has 0 spiro atoms. The minimum absolute atomic E-state index is 0.165. The predicted molar refractivity (Wildman–Crippen MR) is 103 cm³/mol. The first kappa shape index (κ1) is 17.4. The molecule has 0 radical (unpaired) electrons. The largest absolute Gasteiger partial charge is 0.397 e. The topological polar surface area (TPSA) is 84.5 Å². The van der Waals surface area contributed by atoms with Crippen LogP contribution < -0.4 is 10.6 Å². The highest BCUT2D eigenvalue weighted by atomic mass is 32.2. The molecule has 4 rings (SSSR count). The third-order valence-electron chi connectivity index (χ3n) is 5.55. The van der Waals surface area contributed by atoms with Crippen molar-refractivity contribution in [3.8, 4) is 11.1 Å². The number of para-hydroxylation sites is 1. The maximum Gasteiger partial charge on any atom is 0.213 e. The van der Waals surface area contributed by atoms with Gasteiger partial charge in [0, 0.05) is 31.3 Å². The van der Waals surface area contributed by atoms with Crippen molar-refractivity contribution in [3.63, 3.8) is 0 Å². The predicted octanol–water partition coefficient (Wildman–Crippen LogP) is 2.07. The van der Waals surface area contributed by atoms with Gasteiger partial charge in [-0.05, 0) is 25.8 Å². The maximum absolute atomic E-state index is 12.1. The van der Waals surface area contributed by atoms with Gasteiger partial charge >= 0.3 is 0 Å². The van der Waals surface area contributed by atoms with Gasteiger partial charge in [0.15, 0.2) is 0 Å². The van der Waals surface area contributed by atoms with E-state index < -0.39 is 10.0 Å². The number of fused-ring (bicyclic) bond motifs is 3. The summed E-state index contributed by atoms with van der Waals surface area (Å²) in [6, 6.07) is 6.22. The molecule has 1 aromatic heterocycles. The highest BCUT2D eigenvalue weighted by Crippen LogP contribution is 2.42. The highest BCUT2D eigenvalue weighted by molar-refractivity contribution is 7.89. The lowest BCUT2D eigenvalue weighted by Crippen LogP contribution is -2.40. The van der Waals surface area contributed by atoms with E-state index in [0.717, 1.165) is 41.9 Å². The van der Waals surface area contributed by atoms with Crippen molar-refractivity contribution < 1.29 is 8.42 Å². The average molecular weight is 375 g/mol. The third-order valence-corrected chi connectivity index (χ3v) is 7.43. The highest BCUT2D eigenvalue weighted by Gasteiger charge is 2.31. The van der Waals surface area contributed by atoms with Crippen LogP contribution >= 0.6 is 0 Å². The molecule has 8 heteroatoms. The quantitative estimate of drug-likeness (QED) is 0.830. The van der Waals surface area contributed by atoms with Gasteiger partial charge in [-0.1, -0.05) is 12.1 Å². The molecule has 7 nitrogen and oxygen atoms in total. The van der Waals surface area contributed by atoms with Gasteiger partial charge in [0.1, 0.15) is 0 Å². The summed E-state index contributed by atoms with van der Waals surface area (Å²) >= 11 is 0. The van der Waals surface area contributed by atoms with E-state index in [-0.39, 0.29) is 11.8 Å². The molecule has 0 amide bonds. The smallest absolute Gasteiger partial charge is 0.213 e. The molecule has 2 aromatic rings. The zero-order chi connectivity index (χ0) is 18.5. The number of aromatic nitrogens is 2. The Balaban J connectivity index is 1.63. The van der Waals surface area contributed by atoms with Gasteiger partial charge in [-0.2, -0.15) is 5.10 Å². The van der Waals surface area contributed by atoms with Crippen LogP contribution in [0.4, 0.5) is 11.4 Å². The van der Waals surface area contributed by atoms with Crippen molar-refractivity contribution in [2.45, 2.75) is 32.4 Å². The third kappa shape index (κ3) is 2.68. The Morgan fingerprint density at radius 2 is 1.96 bits per heavy atom. The molecule has 1 fully saturated rings. The summed E-state index contributed by atoms with van der Waals surface area (Å²) in [5, 5.41) is 4.67. The molecule has 1 aromatic carbocycles. The summed E-state index contributed by atoms with van der Waals surface area (Å²) in [5.74, 6) is 0.165. The lowest BCUT2D eigenvalue weighted by atomic mass is 9.97. The molecule has 1 saturated heterocycles. The van der Waals surface area contributed by atoms with E-state index in [4.69, 9.17) is 5.73 Å². The van der Waals surface area contributed by atoms with Crippen molar-refractivity contribution >= 4 is 21.4 Å². The Kier molecular flexibility index (Phi) is 4.19. The fourth-order valence-electron chi connectivity index (χ4n) is 4.14. The standard InChI is InChI=1S/C18H25N5O2S/c1-3-26(24,25)22-9-7-13(8-10-22)23-17-12-21(2)18-14(15(17)11-20-23)5-4-6-16(18)19/h4-6,11,13H,3,7-10,12,19H2,1-2H3. The van der Waals surface area contributed by atoms with Crippen LogP contribution in [-0.2, 0) is 16.6 Å². The Hall–Kier alpha value is -2.06. The van der Waals surface area contributed by atoms with Crippen LogP contribution in [0.25, 0.3) is 11.1 Å². The number of rotatable bonds is 3. The molecule has 2 aliphatic heterocycles. The molecule has 0 bridgehead atoms. The fraction of sp³-hybridized carbons (Fsp3) is 0.500. The number of hydrogen-bond acceptors (Lipinski definition) is 5. The molecule has 26 heavy (non-hydrogen) atoms. The van der Waals surface area contributed by atoms with Crippen molar-refractivity contribution in [2.75, 3.05) is 36.5 Å². The second-order valence-electron chi connectivity index (χ2n) is 7.08. The van der Waals surface area contributed by atoms with Crippen LogP contribution in [0.2, 0.25) is 0 Å². The maximum atomic E-state index is 12.1. The number of nitrogens with two attached hydrogens (primary N) is 1. The van der Waals surface area contributed by atoms with Gasteiger partial charge in [0.25, 0.3) is 0 Å². The van der Waals surface area contributed by atoms with Crippen LogP contribution in [0.3, 0.4) is 0 Å². The van der Waals surface area contributed by atoms with Gasteiger partial charge in [0.2, 0.25) is 10.0 Å². The van der Waals surface area contributed by atoms with Crippen LogP contribution in [0.1, 0.15) is 31.5 Å². The molecule has 2 N–H and O–H groups in total. The Bertz CT molecular complexity index is 929. The van der Waals surface area contributed by atoms with Gasteiger partial charge < -0.3 is 10.6 Å². The molecule has 0 saturated carbocycles. The number of nitrogen functional groups attached to an aromatic ring is 1. The first-order valence-electron chi connectivity index (χ1n) is 9.06. The first-order valence-corrected chi connectivity index (χ1v) is 10.7. The number of hydrogen-bond donors (Lipinski definition) is 1. The summed E-state index contributed by atoms with van der Waals surface area (Å²) < 4.78 is 27.9. The van der Waals surface area contributed by atoms with Gasteiger partial charge in [-0.25, -0.2) is 12.7 Å². The monoisotopic (exact) mass is 375 g/mol. The summed E-state index contributed by atoms with van der Waals surface area (Å²) in [4.78, 5) is 2.17. The Labute approximate surface area is 154 Å². The summed E-state index contributed by atoms with van der Waals surface area (Å²) in [5.41, 5.74) is 11.4. The Morgan fingerprint density at radius 1 is 1.23 bits per heavy atom. The lowest BCUT2D eigenvalue weighted by molar-refractivity contribution is 0.257. The van der Waals surface area contributed by atoms with Gasteiger partial charge in [0.05, 0.1) is 41.6 Å². The van der Waals surface area contributed by atoms with E-state index in [1.54, 1.807) is 11.2 Å². The normalized spacial score (nSPS) is 18.6. The SMILES string of the molecule is CCS(=O)(=O)N1CCC(n2ncc3c2CN(C)c2c(N)cccc2-3)CC1. The summed E-state index contributed by atoms with van der Waals surface area (Å²) in [6.07, 6.45) is 3.51. The Morgan fingerprint density at radius 3 is 2.65 bits per heavy atom. The summed E-state index contributed by atoms with van der Waals surface area (Å²) in [7, 11) is -1.06. The number of nitrogens with zero attached hydrogens (tertiary/aromatic N) is 4. The van der Waals surface area contributed by atoms with Crippen molar-refractivity contribution in [1.82, 2.24) is 14.1 Å². The first-order chi connectivity index (χ1) is 12.4. The average Bonchev–Trinajstić information content (AvgIpc) is 3.05. The molecule has 3 heterocycles. The number of piperidine rings is 1. The van der Waals surface area contributed by atoms with Gasteiger partial charge in [-0.3, -0.25) is 4.68 Å². The molecule has 0 aliphatic carbocycles. The molecule has 2 aliphatic rings. The van der Waals surface area contributed by atoms with E-state index in [1.165, 1.54) is 5.69 Å². The van der Waals surface area contributed by atoms with Gasteiger partial charge in [-0.15, -0.1) is 0 Å². The second kappa shape index (κ2) is 6.28. The zero-order valence-corrected chi connectivity index (χ0v) is 16.0. The van der Waals surface area contributed by atoms with Crippen LogP contribution in [0.15, 0.2) is 24.4 Å². The van der Waals surface area contributed by atoms with Crippen LogP contribution in [0, 0.1) is 0 Å². The molecule has 0 unspecified atom stereocenters. The van der Waals surface area contributed by atoms with E-state index in [0.29, 0.717) is 13.1 Å². The minimum atomic E-state index is -3.10. The zero-order valence-electron chi connectivity index (χ0n) is 15.2.